The van der Waals surface area contributed by atoms with Crippen molar-refractivity contribution < 1.29 is 14.7 Å². The summed E-state index contributed by atoms with van der Waals surface area (Å²) in [5, 5.41) is 15.6. The Hall–Kier alpha value is -1.85. The summed E-state index contributed by atoms with van der Waals surface area (Å²) in [7, 11) is 0. The molecule has 6 heteroatoms. The number of aliphatic carboxylic acids is 1. The number of hydrogen-bond donors (Lipinski definition) is 2. The second-order valence-electron chi connectivity index (χ2n) is 5.94. The first-order valence-electron chi connectivity index (χ1n) is 7.10. The molecule has 1 amide bonds. The molecule has 0 aliphatic carbocycles. The van der Waals surface area contributed by atoms with Crippen LogP contribution in [0.5, 0.6) is 0 Å². The Labute approximate surface area is 117 Å². The van der Waals surface area contributed by atoms with Crippen LogP contribution in [0, 0.1) is 12.8 Å². The van der Waals surface area contributed by atoms with Crippen LogP contribution >= 0.6 is 0 Å². The third-order valence-electron chi connectivity index (χ3n) is 4.59. The number of nitrogens with one attached hydrogen (secondary N) is 1. The summed E-state index contributed by atoms with van der Waals surface area (Å²) < 4.78 is 0. The lowest BCUT2D eigenvalue weighted by atomic mass is 9.88. The Bertz CT molecular complexity index is 526. The number of aromatic amines is 1. The Morgan fingerprint density at radius 1 is 1.40 bits per heavy atom. The summed E-state index contributed by atoms with van der Waals surface area (Å²) in [4.78, 5) is 25.4. The van der Waals surface area contributed by atoms with E-state index in [0.29, 0.717) is 5.56 Å². The molecule has 1 aromatic heterocycles. The molecule has 3 rings (SSSR count). The number of aryl methyl sites for hydroxylation is 1. The van der Waals surface area contributed by atoms with Crippen LogP contribution in [0.25, 0.3) is 0 Å². The van der Waals surface area contributed by atoms with Gasteiger partial charge < -0.3 is 10.0 Å². The van der Waals surface area contributed by atoms with Crippen molar-refractivity contribution in [1.82, 2.24) is 15.1 Å². The zero-order valence-electron chi connectivity index (χ0n) is 11.5. The number of hydrogen-bond acceptors (Lipinski definition) is 3. The number of H-pyrrole nitrogens is 1. The molecule has 0 aromatic carbocycles. The van der Waals surface area contributed by atoms with Gasteiger partial charge in [0.1, 0.15) is 0 Å². The number of aromatic nitrogens is 2. The average molecular weight is 277 g/mol. The van der Waals surface area contributed by atoms with Gasteiger partial charge in [-0.3, -0.25) is 14.7 Å². The minimum absolute atomic E-state index is 0.0394. The minimum Gasteiger partial charge on any atom is -0.481 e. The van der Waals surface area contributed by atoms with Gasteiger partial charge in [-0.25, -0.2) is 0 Å². The van der Waals surface area contributed by atoms with E-state index in [2.05, 4.69) is 10.2 Å². The summed E-state index contributed by atoms with van der Waals surface area (Å²) in [6.07, 6.45) is 5.41. The molecule has 20 heavy (non-hydrogen) atoms. The number of piperidine rings is 1. The molecule has 0 spiro atoms. The lowest BCUT2D eigenvalue weighted by Crippen LogP contribution is -2.47. The van der Waals surface area contributed by atoms with Crippen LogP contribution in [0.3, 0.4) is 0 Å². The zero-order valence-corrected chi connectivity index (χ0v) is 11.5. The summed E-state index contributed by atoms with van der Waals surface area (Å²) in [6, 6.07) is 0.389. The van der Waals surface area contributed by atoms with E-state index in [1.807, 2.05) is 11.8 Å². The van der Waals surface area contributed by atoms with Crippen LogP contribution in [-0.4, -0.2) is 44.2 Å². The fourth-order valence-corrected chi connectivity index (χ4v) is 3.74. The molecule has 2 N–H and O–H groups in total. The van der Waals surface area contributed by atoms with Crippen LogP contribution in [-0.2, 0) is 4.79 Å². The standard InChI is InChI=1S/C14H19N3O3/c1-8-12(7-15-16-8)14(20)17-10-2-3-11(17)5-9(4-10)6-13(18)19/h7,9-11H,2-6H2,1H3,(H,15,16)(H,18,19). The normalized spacial score (nSPS) is 28.6. The van der Waals surface area contributed by atoms with E-state index in [0.717, 1.165) is 31.4 Å². The Morgan fingerprint density at radius 2 is 2.05 bits per heavy atom. The van der Waals surface area contributed by atoms with Gasteiger partial charge in [0.2, 0.25) is 0 Å². The van der Waals surface area contributed by atoms with E-state index in [-0.39, 0.29) is 30.3 Å². The zero-order chi connectivity index (χ0) is 14.3. The highest BCUT2D eigenvalue weighted by Crippen LogP contribution is 2.40. The highest BCUT2D eigenvalue weighted by molar-refractivity contribution is 5.95. The summed E-state index contributed by atoms with van der Waals surface area (Å²) in [5.41, 5.74) is 1.43. The summed E-state index contributed by atoms with van der Waals surface area (Å²) in [6.45, 7) is 1.85. The number of amides is 1. The maximum atomic E-state index is 12.6. The molecule has 2 saturated heterocycles. The fraction of sp³-hybridized carbons (Fsp3) is 0.643. The second kappa shape index (κ2) is 4.92. The monoisotopic (exact) mass is 277 g/mol. The van der Waals surface area contributed by atoms with Gasteiger partial charge in [0.15, 0.2) is 0 Å². The molecule has 3 heterocycles. The van der Waals surface area contributed by atoms with Crippen molar-refractivity contribution in [2.45, 2.75) is 51.1 Å². The first-order chi connectivity index (χ1) is 9.56. The largest absolute Gasteiger partial charge is 0.481 e. The predicted octanol–water partition coefficient (Wildman–Crippen LogP) is 1.58. The van der Waals surface area contributed by atoms with E-state index in [1.165, 1.54) is 0 Å². The lowest BCUT2D eigenvalue weighted by molar-refractivity contribution is -0.138. The van der Waals surface area contributed by atoms with E-state index in [1.54, 1.807) is 6.20 Å². The third kappa shape index (κ3) is 2.19. The van der Waals surface area contributed by atoms with Crippen molar-refractivity contribution in [3.63, 3.8) is 0 Å². The molecule has 108 valence electrons. The van der Waals surface area contributed by atoms with E-state index >= 15 is 0 Å². The van der Waals surface area contributed by atoms with Crippen molar-refractivity contribution in [3.8, 4) is 0 Å². The number of carboxylic acid groups (broad SMARTS) is 1. The highest BCUT2D eigenvalue weighted by Gasteiger charge is 2.44. The van der Waals surface area contributed by atoms with Gasteiger partial charge in [-0.2, -0.15) is 5.10 Å². The number of carbonyl (C=O) groups is 2. The SMILES string of the molecule is Cc1[nH]ncc1C(=O)N1C2CCC1CC(CC(=O)O)C2. The van der Waals surface area contributed by atoms with Crippen LogP contribution in [0.15, 0.2) is 6.20 Å². The maximum absolute atomic E-state index is 12.6. The molecule has 2 bridgehead atoms. The van der Waals surface area contributed by atoms with E-state index in [9.17, 15) is 9.59 Å². The molecule has 2 fully saturated rings. The minimum atomic E-state index is -0.736. The number of rotatable bonds is 3. The molecular weight excluding hydrogens is 258 g/mol. The molecule has 1 aromatic rings. The van der Waals surface area contributed by atoms with Gasteiger partial charge in [-0.15, -0.1) is 0 Å². The second-order valence-corrected chi connectivity index (χ2v) is 5.94. The van der Waals surface area contributed by atoms with Crippen LogP contribution < -0.4 is 0 Å². The topological polar surface area (TPSA) is 86.3 Å². The molecular formula is C14H19N3O3. The number of carbonyl (C=O) groups excluding carboxylic acids is 1. The molecule has 2 unspecified atom stereocenters. The number of fused-ring (bicyclic) bond motifs is 2. The number of carboxylic acids is 1. The molecule has 0 radical (unpaired) electrons. The average Bonchev–Trinajstić information content (AvgIpc) is 2.90. The smallest absolute Gasteiger partial charge is 0.303 e. The first-order valence-corrected chi connectivity index (χ1v) is 7.10. The van der Waals surface area contributed by atoms with E-state index < -0.39 is 5.97 Å². The molecule has 2 atom stereocenters. The Balaban J connectivity index is 1.76. The van der Waals surface area contributed by atoms with Crippen LogP contribution in [0.4, 0.5) is 0 Å². The van der Waals surface area contributed by atoms with Gasteiger partial charge in [0.05, 0.1) is 11.8 Å². The van der Waals surface area contributed by atoms with Gasteiger partial charge in [-0.05, 0) is 38.5 Å². The lowest BCUT2D eigenvalue weighted by Gasteiger charge is -2.38. The molecule has 6 nitrogen and oxygen atoms in total. The fourth-order valence-electron chi connectivity index (χ4n) is 3.74. The Kier molecular flexibility index (Phi) is 3.23. The van der Waals surface area contributed by atoms with Crippen molar-refractivity contribution in [2.75, 3.05) is 0 Å². The highest BCUT2D eigenvalue weighted by atomic mass is 16.4. The quantitative estimate of drug-likeness (QED) is 0.878. The number of nitrogens with zero attached hydrogens (tertiary/aromatic N) is 2. The summed E-state index contributed by atoms with van der Waals surface area (Å²) in [5.74, 6) is -0.489. The van der Waals surface area contributed by atoms with Crippen LogP contribution in [0.1, 0.15) is 48.2 Å². The van der Waals surface area contributed by atoms with Gasteiger partial charge >= 0.3 is 5.97 Å². The van der Waals surface area contributed by atoms with E-state index in [4.69, 9.17) is 5.11 Å². The first kappa shape index (κ1) is 13.1. The third-order valence-corrected chi connectivity index (χ3v) is 4.59. The van der Waals surface area contributed by atoms with Crippen molar-refractivity contribution in [1.29, 1.82) is 0 Å². The van der Waals surface area contributed by atoms with Gasteiger partial charge in [0.25, 0.3) is 5.91 Å². The molecule has 0 saturated carbocycles. The van der Waals surface area contributed by atoms with Crippen molar-refractivity contribution >= 4 is 11.9 Å². The van der Waals surface area contributed by atoms with Gasteiger partial charge in [0, 0.05) is 24.2 Å². The molecule has 2 aliphatic heterocycles. The Morgan fingerprint density at radius 3 is 2.55 bits per heavy atom. The van der Waals surface area contributed by atoms with Crippen LogP contribution in [0.2, 0.25) is 0 Å². The maximum Gasteiger partial charge on any atom is 0.303 e. The molecule has 2 aliphatic rings. The summed E-state index contributed by atoms with van der Waals surface area (Å²) >= 11 is 0. The predicted molar refractivity (Wildman–Crippen MR) is 71.3 cm³/mol. The van der Waals surface area contributed by atoms with Gasteiger partial charge in [-0.1, -0.05) is 0 Å². The van der Waals surface area contributed by atoms with Crippen molar-refractivity contribution in [2.24, 2.45) is 5.92 Å². The van der Waals surface area contributed by atoms with Crippen molar-refractivity contribution in [3.05, 3.63) is 17.5 Å².